The van der Waals surface area contributed by atoms with Gasteiger partial charge < -0.3 is 4.90 Å². The molecule has 0 saturated carbocycles. The van der Waals surface area contributed by atoms with Crippen LogP contribution in [0.1, 0.15) is 42.6 Å². The van der Waals surface area contributed by atoms with E-state index in [9.17, 15) is 13.2 Å². The van der Waals surface area contributed by atoms with Gasteiger partial charge in [0.05, 0.1) is 5.02 Å². The van der Waals surface area contributed by atoms with Crippen molar-refractivity contribution in [2.24, 2.45) is 0 Å². The molecule has 1 aliphatic heterocycles. The Labute approximate surface area is 134 Å². The van der Waals surface area contributed by atoms with Crippen molar-refractivity contribution >= 4 is 37.2 Å². The van der Waals surface area contributed by atoms with Gasteiger partial charge in [-0.05, 0) is 51.3 Å². The maximum Gasteiger partial charge on any atom is 0.262 e. The summed E-state index contributed by atoms with van der Waals surface area (Å²) in [6, 6.07) is 2.86. The number of carbonyl (C=O) groups excluding carboxylic acids is 1. The van der Waals surface area contributed by atoms with E-state index >= 15 is 0 Å². The summed E-state index contributed by atoms with van der Waals surface area (Å²) >= 11 is 5.98. The standard InChI is InChI=1S/C14H17Cl2NO3S/c1-9-7-10(8-11(12(9)15)21(16,19)20)13(18)17-6-4-5-14(17,2)3/h7-8H,4-6H2,1-3H3. The Bertz CT molecular complexity index is 698. The van der Waals surface area contributed by atoms with Crippen LogP contribution in [0.25, 0.3) is 0 Å². The lowest BCUT2D eigenvalue weighted by atomic mass is 10.0. The lowest BCUT2D eigenvalue weighted by Crippen LogP contribution is -2.42. The van der Waals surface area contributed by atoms with Gasteiger partial charge in [0.2, 0.25) is 0 Å². The molecule has 0 atom stereocenters. The highest BCUT2D eigenvalue weighted by atomic mass is 35.7. The molecule has 1 saturated heterocycles. The first-order valence-corrected chi connectivity index (χ1v) is 9.29. The molecule has 0 radical (unpaired) electrons. The molecule has 0 N–H and O–H groups in total. The van der Waals surface area contributed by atoms with E-state index in [0.29, 0.717) is 17.7 Å². The second-order valence-corrected chi connectivity index (χ2v) is 8.83. The lowest BCUT2D eigenvalue weighted by Gasteiger charge is -2.32. The quantitative estimate of drug-likeness (QED) is 0.766. The molecular formula is C14H17Cl2NO3S. The Morgan fingerprint density at radius 1 is 1.33 bits per heavy atom. The molecule has 1 aliphatic rings. The van der Waals surface area contributed by atoms with E-state index < -0.39 is 9.05 Å². The summed E-state index contributed by atoms with van der Waals surface area (Å²) in [5.41, 5.74) is 0.579. The van der Waals surface area contributed by atoms with Crippen molar-refractivity contribution in [2.45, 2.75) is 44.0 Å². The van der Waals surface area contributed by atoms with Crippen LogP contribution in [0.15, 0.2) is 17.0 Å². The van der Waals surface area contributed by atoms with Gasteiger partial charge in [-0.25, -0.2) is 8.42 Å². The molecule has 0 aliphatic carbocycles. The fourth-order valence-electron chi connectivity index (χ4n) is 2.68. The number of likely N-dealkylation sites (tertiary alicyclic amines) is 1. The number of aryl methyl sites for hydroxylation is 1. The zero-order valence-corrected chi connectivity index (χ0v) is 14.4. The van der Waals surface area contributed by atoms with Crippen molar-refractivity contribution < 1.29 is 13.2 Å². The van der Waals surface area contributed by atoms with Crippen LogP contribution in [0, 0.1) is 6.92 Å². The number of amides is 1. The van der Waals surface area contributed by atoms with Crippen LogP contribution in [-0.4, -0.2) is 31.3 Å². The van der Waals surface area contributed by atoms with Crippen LogP contribution < -0.4 is 0 Å². The highest BCUT2D eigenvalue weighted by molar-refractivity contribution is 8.13. The Morgan fingerprint density at radius 2 is 1.95 bits per heavy atom. The fourth-order valence-corrected chi connectivity index (χ4v) is 4.22. The predicted molar refractivity (Wildman–Crippen MR) is 83.6 cm³/mol. The average molecular weight is 350 g/mol. The highest BCUT2D eigenvalue weighted by Crippen LogP contribution is 2.33. The smallest absolute Gasteiger partial charge is 0.262 e. The second-order valence-electron chi connectivity index (χ2n) is 5.92. The van der Waals surface area contributed by atoms with E-state index in [1.165, 1.54) is 6.07 Å². The molecule has 7 heteroatoms. The van der Waals surface area contributed by atoms with Gasteiger partial charge in [-0.3, -0.25) is 4.79 Å². The highest BCUT2D eigenvalue weighted by Gasteiger charge is 2.36. The molecule has 0 aromatic heterocycles. The van der Waals surface area contributed by atoms with Crippen molar-refractivity contribution in [2.75, 3.05) is 6.54 Å². The van der Waals surface area contributed by atoms with Crippen molar-refractivity contribution in [1.82, 2.24) is 4.90 Å². The number of carbonyl (C=O) groups is 1. The molecule has 0 unspecified atom stereocenters. The first-order chi connectivity index (χ1) is 9.54. The van der Waals surface area contributed by atoms with Gasteiger partial charge in [0.25, 0.3) is 15.0 Å². The summed E-state index contributed by atoms with van der Waals surface area (Å²) in [6.07, 6.45) is 1.86. The summed E-state index contributed by atoms with van der Waals surface area (Å²) in [5.74, 6) is -0.196. The van der Waals surface area contributed by atoms with Gasteiger partial charge in [0.15, 0.2) is 0 Å². The van der Waals surface area contributed by atoms with E-state index in [-0.39, 0.29) is 21.4 Å². The lowest BCUT2D eigenvalue weighted by molar-refractivity contribution is 0.0651. The van der Waals surface area contributed by atoms with Gasteiger partial charge >= 0.3 is 0 Å². The predicted octanol–water partition coefficient (Wildman–Crippen LogP) is 3.59. The van der Waals surface area contributed by atoms with Crippen molar-refractivity contribution in [3.05, 3.63) is 28.3 Å². The molecule has 4 nitrogen and oxygen atoms in total. The minimum Gasteiger partial charge on any atom is -0.334 e. The summed E-state index contributed by atoms with van der Waals surface area (Å²) in [5, 5.41) is 0.0576. The molecule has 1 aromatic rings. The van der Waals surface area contributed by atoms with E-state index in [1.54, 1.807) is 17.9 Å². The number of halogens is 2. The van der Waals surface area contributed by atoms with E-state index in [4.69, 9.17) is 22.3 Å². The zero-order valence-electron chi connectivity index (χ0n) is 12.1. The van der Waals surface area contributed by atoms with Gasteiger partial charge in [-0.1, -0.05) is 11.6 Å². The third-order valence-electron chi connectivity index (χ3n) is 3.88. The third-order valence-corrected chi connectivity index (χ3v) is 5.84. The minimum atomic E-state index is -3.99. The molecule has 1 amide bonds. The molecule has 0 spiro atoms. The van der Waals surface area contributed by atoms with E-state index in [0.717, 1.165) is 12.8 Å². The number of rotatable bonds is 2. The zero-order chi connectivity index (χ0) is 16.0. The van der Waals surface area contributed by atoms with Crippen molar-refractivity contribution in [3.8, 4) is 0 Å². The van der Waals surface area contributed by atoms with Crippen molar-refractivity contribution in [1.29, 1.82) is 0 Å². The molecule has 0 bridgehead atoms. The maximum atomic E-state index is 12.7. The van der Waals surface area contributed by atoms with Gasteiger partial charge in [-0.15, -0.1) is 0 Å². The second kappa shape index (κ2) is 5.45. The van der Waals surface area contributed by atoms with Crippen molar-refractivity contribution in [3.63, 3.8) is 0 Å². The number of nitrogens with zero attached hydrogens (tertiary/aromatic N) is 1. The summed E-state index contributed by atoms with van der Waals surface area (Å²) < 4.78 is 23.2. The minimum absolute atomic E-state index is 0.0576. The molecule has 21 heavy (non-hydrogen) atoms. The summed E-state index contributed by atoms with van der Waals surface area (Å²) in [6.45, 7) is 6.32. The Kier molecular flexibility index (Phi) is 4.30. The van der Waals surface area contributed by atoms with E-state index in [2.05, 4.69) is 0 Å². The molecule has 1 heterocycles. The third kappa shape index (κ3) is 3.20. The topological polar surface area (TPSA) is 54.5 Å². The maximum absolute atomic E-state index is 12.7. The van der Waals surface area contributed by atoms with Crippen LogP contribution in [-0.2, 0) is 9.05 Å². The first-order valence-electron chi connectivity index (χ1n) is 6.61. The van der Waals surface area contributed by atoms with Crippen LogP contribution in [0.2, 0.25) is 5.02 Å². The molecule has 1 fully saturated rings. The van der Waals surface area contributed by atoms with E-state index in [1.807, 2.05) is 13.8 Å². The summed E-state index contributed by atoms with van der Waals surface area (Å²) in [7, 11) is 1.40. The Hall–Kier alpha value is -0.780. The van der Waals surface area contributed by atoms with Crippen LogP contribution in [0.5, 0.6) is 0 Å². The SMILES string of the molecule is Cc1cc(C(=O)N2CCCC2(C)C)cc(S(=O)(=O)Cl)c1Cl. The monoisotopic (exact) mass is 349 g/mol. The fraction of sp³-hybridized carbons (Fsp3) is 0.500. The number of benzene rings is 1. The van der Waals surface area contributed by atoms with Crippen LogP contribution in [0.3, 0.4) is 0 Å². The molecular weight excluding hydrogens is 333 g/mol. The number of hydrogen-bond donors (Lipinski definition) is 0. The Morgan fingerprint density at radius 3 is 2.43 bits per heavy atom. The van der Waals surface area contributed by atoms with Crippen LogP contribution >= 0.6 is 22.3 Å². The Balaban J connectivity index is 2.51. The summed E-state index contributed by atoms with van der Waals surface area (Å²) in [4.78, 5) is 14.2. The van der Waals surface area contributed by atoms with Gasteiger partial charge in [0.1, 0.15) is 4.90 Å². The molecule has 2 rings (SSSR count). The van der Waals surface area contributed by atoms with Crippen LogP contribution in [0.4, 0.5) is 0 Å². The van der Waals surface area contributed by atoms with Gasteiger partial charge in [0, 0.05) is 28.3 Å². The normalized spacial score (nSPS) is 18.0. The molecule has 116 valence electrons. The molecule has 1 aromatic carbocycles. The first kappa shape index (κ1) is 16.6. The van der Waals surface area contributed by atoms with Gasteiger partial charge in [-0.2, -0.15) is 0 Å². The average Bonchev–Trinajstić information content (AvgIpc) is 2.69. The number of hydrogen-bond acceptors (Lipinski definition) is 3. The largest absolute Gasteiger partial charge is 0.334 e.